The van der Waals surface area contributed by atoms with Crippen molar-refractivity contribution in [1.29, 1.82) is 0 Å². The Hall–Kier alpha value is -2.51. The molecule has 8 nitrogen and oxygen atoms in total. The largest absolute Gasteiger partial charge is 0.433 e. The first-order valence-corrected chi connectivity index (χ1v) is 7.50. The van der Waals surface area contributed by atoms with Crippen molar-refractivity contribution in [3.05, 3.63) is 28.0 Å². The van der Waals surface area contributed by atoms with Crippen LogP contribution in [0.15, 0.2) is 21.7 Å². The highest BCUT2D eigenvalue weighted by Crippen LogP contribution is 2.37. The fraction of sp³-hybridized carbons (Fsp3) is 0.533. The zero-order valence-corrected chi connectivity index (χ0v) is 13.3. The number of carbonyl (C=O) groups excluding carboxylic acids is 2. The zero-order chi connectivity index (χ0) is 17.2. The lowest BCUT2D eigenvalue weighted by Crippen LogP contribution is -2.55. The van der Waals surface area contributed by atoms with Gasteiger partial charge in [-0.25, -0.2) is 5.01 Å². The molecule has 0 bridgehead atoms. The van der Waals surface area contributed by atoms with Gasteiger partial charge in [0, 0.05) is 5.92 Å². The van der Waals surface area contributed by atoms with Gasteiger partial charge in [0.15, 0.2) is 11.5 Å². The first-order chi connectivity index (χ1) is 10.9. The fourth-order valence-electron chi connectivity index (χ4n) is 2.89. The number of carbonyl (C=O) groups is 2. The van der Waals surface area contributed by atoms with Crippen molar-refractivity contribution in [3.8, 4) is 0 Å². The lowest BCUT2D eigenvalue weighted by Gasteiger charge is -2.39. The summed E-state index contributed by atoms with van der Waals surface area (Å²) in [7, 11) is 0. The molecule has 0 N–H and O–H groups in total. The zero-order valence-electron chi connectivity index (χ0n) is 13.3. The van der Waals surface area contributed by atoms with Crippen LogP contribution in [0, 0.1) is 21.4 Å². The molecule has 23 heavy (non-hydrogen) atoms. The number of hydrogen-bond donors (Lipinski definition) is 0. The van der Waals surface area contributed by atoms with Gasteiger partial charge in [-0.1, -0.05) is 20.8 Å². The molecule has 1 saturated heterocycles. The minimum Gasteiger partial charge on any atom is -0.400 e. The molecular formula is C15H19N3O5. The molecular weight excluding hydrogens is 302 g/mol. The fourth-order valence-corrected chi connectivity index (χ4v) is 2.89. The van der Waals surface area contributed by atoms with Crippen LogP contribution in [0.25, 0.3) is 0 Å². The molecule has 0 aromatic carbocycles. The van der Waals surface area contributed by atoms with Gasteiger partial charge in [0.1, 0.15) is 10.3 Å². The number of furan rings is 1. The predicted molar refractivity (Wildman–Crippen MR) is 81.9 cm³/mol. The Morgan fingerprint density at radius 3 is 2.61 bits per heavy atom. The summed E-state index contributed by atoms with van der Waals surface area (Å²) < 4.78 is 4.97. The first kappa shape index (κ1) is 16.9. The summed E-state index contributed by atoms with van der Waals surface area (Å²) in [5.41, 5.74) is -1.04. The second kappa shape index (κ2) is 6.31. The number of nitrogens with zero attached hydrogens (tertiary/aromatic N) is 3. The molecule has 0 radical (unpaired) electrons. The topological polar surface area (TPSA) is 106 Å². The molecule has 1 aromatic heterocycles. The van der Waals surface area contributed by atoms with E-state index in [0.29, 0.717) is 12.8 Å². The van der Waals surface area contributed by atoms with Crippen LogP contribution in [0.3, 0.4) is 0 Å². The van der Waals surface area contributed by atoms with Crippen LogP contribution in [0.1, 0.15) is 39.4 Å². The molecule has 1 unspecified atom stereocenters. The number of amides is 1. The molecule has 0 saturated carbocycles. The van der Waals surface area contributed by atoms with E-state index < -0.39 is 16.2 Å². The molecule has 0 aliphatic carbocycles. The van der Waals surface area contributed by atoms with Gasteiger partial charge in [0.05, 0.1) is 18.8 Å². The predicted octanol–water partition coefficient (Wildman–Crippen LogP) is 2.38. The monoisotopic (exact) mass is 321 g/mol. The molecule has 1 aliphatic heterocycles. The molecule has 1 atom stereocenters. The number of ketones is 1. The minimum absolute atomic E-state index is 0.0485. The lowest BCUT2D eigenvalue weighted by molar-refractivity contribution is -0.402. The summed E-state index contributed by atoms with van der Waals surface area (Å²) in [6.45, 7) is 5.60. The number of Topliss-reactive ketones (excluding diaryl/α,β-unsaturated/α-hetero) is 1. The van der Waals surface area contributed by atoms with Crippen molar-refractivity contribution >= 4 is 23.8 Å². The summed E-state index contributed by atoms with van der Waals surface area (Å²) in [4.78, 5) is 35.0. The average Bonchev–Trinajstić information content (AvgIpc) is 3.00. The van der Waals surface area contributed by atoms with Crippen LogP contribution in [-0.2, 0) is 9.59 Å². The maximum Gasteiger partial charge on any atom is 0.433 e. The second-order valence-electron chi connectivity index (χ2n) is 5.62. The van der Waals surface area contributed by atoms with Gasteiger partial charge in [-0.3, -0.25) is 19.7 Å². The van der Waals surface area contributed by atoms with E-state index in [1.54, 1.807) is 6.92 Å². The van der Waals surface area contributed by atoms with E-state index >= 15 is 0 Å². The molecule has 1 amide bonds. The molecule has 124 valence electrons. The van der Waals surface area contributed by atoms with Crippen LogP contribution in [0.5, 0.6) is 0 Å². The van der Waals surface area contributed by atoms with Crippen LogP contribution < -0.4 is 0 Å². The number of rotatable bonds is 5. The highest BCUT2D eigenvalue weighted by Gasteiger charge is 2.50. The normalized spacial score (nSPS) is 21.2. The summed E-state index contributed by atoms with van der Waals surface area (Å²) in [5, 5.41) is 15.9. The Bertz CT molecular complexity index is 660. The van der Waals surface area contributed by atoms with Crippen LogP contribution >= 0.6 is 0 Å². The lowest BCUT2D eigenvalue weighted by atomic mass is 9.71. The molecule has 0 spiro atoms. The highest BCUT2D eigenvalue weighted by atomic mass is 16.6. The SMILES string of the molecule is CCC1(CC)C(=O)C(C)CN(/N=C/c2ccc([N+](=O)[O-])o2)C1=O. The van der Waals surface area contributed by atoms with Gasteiger partial charge in [0.25, 0.3) is 5.91 Å². The highest BCUT2D eigenvalue weighted by molar-refractivity contribution is 6.09. The van der Waals surface area contributed by atoms with Gasteiger partial charge >= 0.3 is 5.88 Å². The van der Waals surface area contributed by atoms with Crippen LogP contribution in [-0.4, -0.2) is 34.4 Å². The van der Waals surface area contributed by atoms with Crippen molar-refractivity contribution in [1.82, 2.24) is 5.01 Å². The standard InChI is InChI=1S/C15H19N3O5/c1-4-15(5-2)13(19)10(3)9-17(14(15)20)16-8-11-6-7-12(23-11)18(21)22/h6-8,10H,4-5,9H2,1-3H3/b16-8+. The summed E-state index contributed by atoms with van der Waals surface area (Å²) in [6, 6.07) is 2.62. The van der Waals surface area contributed by atoms with E-state index in [0.717, 1.165) is 0 Å². The van der Waals surface area contributed by atoms with Crippen LogP contribution in [0.4, 0.5) is 5.88 Å². The van der Waals surface area contributed by atoms with Crippen molar-refractivity contribution in [2.45, 2.75) is 33.6 Å². The van der Waals surface area contributed by atoms with E-state index in [2.05, 4.69) is 5.10 Å². The molecule has 1 fully saturated rings. The third kappa shape index (κ3) is 2.88. The Labute approximate surface area is 133 Å². The van der Waals surface area contributed by atoms with Gasteiger partial charge in [-0.05, 0) is 18.9 Å². The van der Waals surface area contributed by atoms with Gasteiger partial charge in [-0.15, -0.1) is 0 Å². The quantitative estimate of drug-likeness (QED) is 0.358. The van der Waals surface area contributed by atoms with Crippen molar-refractivity contribution < 1.29 is 18.9 Å². The van der Waals surface area contributed by atoms with Crippen molar-refractivity contribution in [2.24, 2.45) is 16.4 Å². The molecule has 2 heterocycles. The van der Waals surface area contributed by atoms with E-state index in [1.165, 1.54) is 23.4 Å². The number of hydrazone groups is 1. The Balaban J connectivity index is 2.24. The van der Waals surface area contributed by atoms with Crippen molar-refractivity contribution in [2.75, 3.05) is 6.54 Å². The van der Waals surface area contributed by atoms with E-state index in [-0.39, 0.29) is 29.9 Å². The third-order valence-electron chi connectivity index (χ3n) is 4.33. The Kier molecular flexibility index (Phi) is 4.63. The minimum atomic E-state index is -1.04. The smallest absolute Gasteiger partial charge is 0.400 e. The second-order valence-corrected chi connectivity index (χ2v) is 5.62. The summed E-state index contributed by atoms with van der Waals surface area (Å²) in [6.07, 6.45) is 2.09. The van der Waals surface area contributed by atoms with Gasteiger partial charge < -0.3 is 4.42 Å². The Morgan fingerprint density at radius 1 is 1.43 bits per heavy atom. The maximum atomic E-state index is 12.7. The van der Waals surface area contributed by atoms with E-state index in [9.17, 15) is 19.7 Å². The average molecular weight is 321 g/mol. The molecule has 8 heteroatoms. The number of piperidine rings is 1. The van der Waals surface area contributed by atoms with E-state index in [4.69, 9.17) is 4.42 Å². The van der Waals surface area contributed by atoms with Crippen LogP contribution in [0.2, 0.25) is 0 Å². The molecule has 1 aromatic rings. The molecule has 2 rings (SSSR count). The summed E-state index contributed by atoms with van der Waals surface area (Å²) >= 11 is 0. The van der Waals surface area contributed by atoms with Crippen molar-refractivity contribution in [3.63, 3.8) is 0 Å². The summed E-state index contributed by atoms with van der Waals surface area (Å²) in [5.74, 6) is -0.907. The number of hydrogen-bond acceptors (Lipinski definition) is 6. The van der Waals surface area contributed by atoms with E-state index in [1.807, 2.05) is 13.8 Å². The number of nitro groups is 1. The first-order valence-electron chi connectivity index (χ1n) is 7.50. The van der Waals surface area contributed by atoms with Gasteiger partial charge in [-0.2, -0.15) is 5.10 Å². The molecule has 1 aliphatic rings. The van der Waals surface area contributed by atoms with Gasteiger partial charge in [0.2, 0.25) is 0 Å². The third-order valence-corrected chi connectivity index (χ3v) is 4.33. The maximum absolute atomic E-state index is 12.7. The Morgan fingerprint density at radius 2 is 2.09 bits per heavy atom.